The maximum atomic E-state index is 12.9. The number of benzene rings is 2. The van der Waals surface area contributed by atoms with Gasteiger partial charge in [-0.15, -0.1) is 0 Å². The van der Waals surface area contributed by atoms with E-state index in [-0.39, 0.29) is 11.6 Å². The number of aromatic nitrogens is 2. The average Bonchev–Trinajstić information content (AvgIpc) is 3.64. The molecule has 6 rings (SSSR count). The Morgan fingerprint density at radius 2 is 2.02 bits per heavy atom. The van der Waals surface area contributed by atoms with Crippen LogP contribution in [0.25, 0.3) is 22.4 Å². The van der Waals surface area contributed by atoms with Gasteiger partial charge in [-0.25, -0.2) is 4.79 Å². The van der Waals surface area contributed by atoms with Crippen LogP contribution in [0.1, 0.15) is 41.8 Å². The van der Waals surface area contributed by atoms with Crippen molar-refractivity contribution in [2.24, 2.45) is 0 Å². The third-order valence-corrected chi connectivity index (χ3v) is 7.59. The van der Waals surface area contributed by atoms with E-state index in [9.17, 15) is 9.59 Å². The predicted molar refractivity (Wildman–Crippen MR) is 158 cm³/mol. The van der Waals surface area contributed by atoms with Crippen LogP contribution in [0.5, 0.6) is 0 Å². The normalized spacial score (nSPS) is 17.4. The Balaban J connectivity index is 1.14. The van der Waals surface area contributed by atoms with Gasteiger partial charge in [0.25, 0.3) is 6.01 Å². The van der Waals surface area contributed by atoms with E-state index in [2.05, 4.69) is 25.8 Å². The number of carbonyl (C=O) groups excluding carboxylic acids is 1. The van der Waals surface area contributed by atoms with Crippen molar-refractivity contribution in [3.8, 4) is 11.3 Å². The summed E-state index contributed by atoms with van der Waals surface area (Å²) >= 11 is 0. The highest BCUT2D eigenvalue weighted by Crippen LogP contribution is 2.31. The number of nitrogens with zero attached hydrogens (tertiary/aromatic N) is 3. The molecule has 2 atom stereocenters. The zero-order valence-corrected chi connectivity index (χ0v) is 23.1. The number of H-pyrrole nitrogens is 1. The minimum atomic E-state index is -0.691. The lowest BCUT2D eigenvalue weighted by Gasteiger charge is -2.21. The molecular weight excluding hydrogens is 520 g/mol. The largest absolute Gasteiger partial charge is 0.454 e. The molecule has 0 amide bonds. The Labute approximate surface area is 237 Å². The number of hydrogen-bond donors (Lipinski definition) is 1. The van der Waals surface area contributed by atoms with E-state index in [1.165, 1.54) is 12.3 Å². The number of fused-ring (bicyclic) bond motifs is 1. The second-order valence-electron chi connectivity index (χ2n) is 10.3. The van der Waals surface area contributed by atoms with Crippen LogP contribution in [0.2, 0.25) is 0 Å². The van der Waals surface area contributed by atoms with Gasteiger partial charge in [0.05, 0.1) is 12.6 Å². The average molecular weight is 553 g/mol. The Bertz CT molecular complexity index is 1670. The second-order valence-corrected chi connectivity index (χ2v) is 10.3. The molecule has 0 aliphatic carbocycles. The van der Waals surface area contributed by atoms with E-state index in [1.807, 2.05) is 60.8 Å². The molecule has 4 heterocycles. The van der Waals surface area contributed by atoms with Crippen molar-refractivity contribution < 1.29 is 18.7 Å². The number of pyridine rings is 1. The number of methoxy groups -OCH3 is 1. The summed E-state index contributed by atoms with van der Waals surface area (Å²) in [5, 5.41) is 0. The molecule has 2 aromatic heterocycles. The van der Waals surface area contributed by atoms with Crippen LogP contribution in [-0.4, -0.2) is 48.8 Å². The van der Waals surface area contributed by atoms with Crippen molar-refractivity contribution in [2.45, 2.75) is 31.9 Å². The van der Waals surface area contributed by atoms with Gasteiger partial charge in [0.1, 0.15) is 17.2 Å². The molecular formula is C32H32N4O5. The molecule has 4 aromatic rings. The molecule has 0 bridgehead atoms. The monoisotopic (exact) mass is 552 g/mol. The first-order valence-electron chi connectivity index (χ1n) is 13.8. The molecule has 2 aliphatic rings. The van der Waals surface area contributed by atoms with Crippen LogP contribution < -0.4 is 15.2 Å². The molecule has 1 fully saturated rings. The zero-order valence-electron chi connectivity index (χ0n) is 23.1. The fourth-order valence-electron chi connectivity index (χ4n) is 5.34. The van der Waals surface area contributed by atoms with E-state index >= 15 is 0 Å². The Morgan fingerprint density at radius 1 is 1.17 bits per heavy atom. The second kappa shape index (κ2) is 11.5. The number of carbonyl (C=O) groups is 1. The van der Waals surface area contributed by atoms with Gasteiger partial charge in [-0.1, -0.05) is 30.4 Å². The quantitative estimate of drug-likeness (QED) is 0.282. The van der Waals surface area contributed by atoms with E-state index in [4.69, 9.17) is 13.9 Å². The molecule has 9 heteroatoms. The first-order valence-corrected chi connectivity index (χ1v) is 13.8. The number of hydrogen-bond acceptors (Lipinski definition) is 8. The molecule has 210 valence electrons. The molecule has 41 heavy (non-hydrogen) atoms. The third-order valence-electron chi connectivity index (χ3n) is 7.59. The Hall–Kier alpha value is -4.63. The Morgan fingerprint density at radius 3 is 2.78 bits per heavy atom. The first-order chi connectivity index (χ1) is 20.0. The molecule has 9 nitrogen and oxygen atoms in total. The van der Waals surface area contributed by atoms with Crippen molar-refractivity contribution in [2.75, 3.05) is 36.6 Å². The third kappa shape index (κ3) is 5.53. The van der Waals surface area contributed by atoms with Crippen molar-refractivity contribution in [3.63, 3.8) is 0 Å². The summed E-state index contributed by atoms with van der Waals surface area (Å²) in [7, 11) is 1.70. The standard InChI is InChI=1S/C32H32N4O5/c1-21(23-10-13-27-30(17-23)41-32(34-27)36-16-6-7-25(36)20-39-2)40-31(38)26-19-33-28(18-29(26)37)22-8-11-24(12-9-22)35-14-4-3-5-15-35/h3-5,8-14,17-19,21,25H,6-7,15-16,20H2,1-2H3,(H,33,37)/t21-,25?/m1/s1. The maximum absolute atomic E-state index is 12.9. The molecule has 0 radical (unpaired) electrons. The number of allylic oxidation sites excluding steroid dienone is 2. The van der Waals surface area contributed by atoms with Crippen LogP contribution in [0, 0.1) is 0 Å². The molecule has 0 spiro atoms. The first kappa shape index (κ1) is 26.6. The number of oxazole rings is 1. The molecule has 1 N–H and O–H groups in total. The molecule has 2 aliphatic heterocycles. The topological polar surface area (TPSA) is 101 Å². The van der Waals surface area contributed by atoms with Gasteiger partial charge < -0.3 is 28.7 Å². The summed E-state index contributed by atoms with van der Waals surface area (Å²) in [6.45, 7) is 4.07. The lowest BCUT2D eigenvalue weighted by Crippen LogP contribution is -2.32. The van der Waals surface area contributed by atoms with Gasteiger partial charge in [-0.3, -0.25) is 4.79 Å². The minimum absolute atomic E-state index is 0.0521. The summed E-state index contributed by atoms with van der Waals surface area (Å²) in [4.78, 5) is 37.8. The smallest absolute Gasteiger partial charge is 0.344 e. The van der Waals surface area contributed by atoms with Crippen LogP contribution in [0.3, 0.4) is 0 Å². The highest BCUT2D eigenvalue weighted by molar-refractivity contribution is 5.89. The van der Waals surface area contributed by atoms with Gasteiger partial charge in [0, 0.05) is 50.0 Å². The molecule has 0 saturated carbocycles. The van der Waals surface area contributed by atoms with Crippen molar-refractivity contribution in [1.82, 2.24) is 9.97 Å². The van der Waals surface area contributed by atoms with E-state index < -0.39 is 17.5 Å². The summed E-state index contributed by atoms with van der Waals surface area (Å²) in [6, 6.07) is 15.7. The van der Waals surface area contributed by atoms with E-state index in [1.54, 1.807) is 14.0 Å². The summed E-state index contributed by atoms with van der Waals surface area (Å²) in [5.41, 5.74) is 4.15. The Kier molecular flexibility index (Phi) is 7.43. The number of rotatable bonds is 8. The van der Waals surface area contributed by atoms with Crippen LogP contribution in [0.4, 0.5) is 11.7 Å². The maximum Gasteiger partial charge on any atom is 0.344 e. The zero-order chi connectivity index (χ0) is 28.3. The van der Waals surface area contributed by atoms with Gasteiger partial charge in [-0.05, 0) is 61.2 Å². The highest BCUT2D eigenvalue weighted by Gasteiger charge is 2.28. The van der Waals surface area contributed by atoms with Gasteiger partial charge in [0.2, 0.25) is 0 Å². The summed E-state index contributed by atoms with van der Waals surface area (Å²) in [6.07, 6.45) is 11.0. The lowest BCUT2D eigenvalue weighted by molar-refractivity contribution is 0.0336. The van der Waals surface area contributed by atoms with Crippen LogP contribution in [0.15, 0.2) is 88.4 Å². The number of anilines is 2. The summed E-state index contributed by atoms with van der Waals surface area (Å²) in [5.74, 6) is -0.691. The van der Waals surface area contributed by atoms with E-state index in [0.717, 1.165) is 48.3 Å². The SMILES string of the molecule is COCC1CCCN1c1nc2ccc([C@@H](C)OC(=O)c3c[nH]c(-c4ccc(N5C=CC=CC5)cc4)cc3=O)cc2o1. The predicted octanol–water partition coefficient (Wildman–Crippen LogP) is 5.61. The molecule has 1 saturated heterocycles. The van der Waals surface area contributed by atoms with Crippen molar-refractivity contribution >= 4 is 28.8 Å². The summed E-state index contributed by atoms with van der Waals surface area (Å²) < 4.78 is 17.1. The van der Waals surface area contributed by atoms with Crippen molar-refractivity contribution in [3.05, 3.63) is 101 Å². The number of nitrogens with one attached hydrogen (secondary N) is 1. The van der Waals surface area contributed by atoms with Crippen LogP contribution in [-0.2, 0) is 9.47 Å². The molecule has 2 aromatic carbocycles. The van der Waals surface area contributed by atoms with Crippen molar-refractivity contribution in [1.29, 1.82) is 0 Å². The number of aromatic amines is 1. The van der Waals surface area contributed by atoms with Gasteiger partial charge in [-0.2, -0.15) is 4.98 Å². The fraction of sp³-hybridized carbons (Fsp3) is 0.281. The molecule has 1 unspecified atom stereocenters. The number of ether oxygens (including phenoxy) is 2. The minimum Gasteiger partial charge on any atom is -0.454 e. The number of esters is 1. The van der Waals surface area contributed by atoms with Gasteiger partial charge in [0.15, 0.2) is 11.0 Å². The van der Waals surface area contributed by atoms with Gasteiger partial charge >= 0.3 is 5.97 Å². The fourth-order valence-corrected chi connectivity index (χ4v) is 5.34. The van der Waals surface area contributed by atoms with E-state index in [0.29, 0.717) is 23.9 Å². The lowest BCUT2D eigenvalue weighted by atomic mass is 10.1. The van der Waals surface area contributed by atoms with Crippen LogP contribution >= 0.6 is 0 Å². The highest BCUT2D eigenvalue weighted by atomic mass is 16.5.